The summed E-state index contributed by atoms with van der Waals surface area (Å²) in [6.45, 7) is 3.71. The molecule has 0 bridgehead atoms. The van der Waals surface area contributed by atoms with E-state index < -0.39 is 4.92 Å². The van der Waals surface area contributed by atoms with E-state index in [0.29, 0.717) is 18.3 Å². The van der Waals surface area contributed by atoms with E-state index in [-0.39, 0.29) is 31.0 Å². The Morgan fingerprint density at radius 3 is 2.32 bits per heavy atom. The highest BCUT2D eigenvalue weighted by Gasteiger charge is 2.38. The van der Waals surface area contributed by atoms with Gasteiger partial charge in [0.2, 0.25) is 11.8 Å². The molecule has 3 aliphatic heterocycles. The van der Waals surface area contributed by atoms with E-state index in [1.807, 2.05) is 16.6 Å². The molecule has 11 nitrogen and oxygen atoms in total. The summed E-state index contributed by atoms with van der Waals surface area (Å²) in [5, 5.41) is 18.0. The number of hydrogen-bond donors (Lipinski definition) is 1. The van der Waals surface area contributed by atoms with Crippen LogP contribution in [-0.2, 0) is 9.59 Å². The molecule has 6 heterocycles. The van der Waals surface area contributed by atoms with E-state index >= 15 is 0 Å². The summed E-state index contributed by atoms with van der Waals surface area (Å²) in [5.41, 5.74) is 3.03. The van der Waals surface area contributed by atoms with Crippen LogP contribution in [0, 0.1) is 15.5 Å². The molecular weight excluding hydrogens is 486 g/mol. The van der Waals surface area contributed by atoms with Gasteiger partial charge in [0.1, 0.15) is 5.82 Å². The fourth-order valence-electron chi connectivity index (χ4n) is 6.14. The van der Waals surface area contributed by atoms with Crippen LogP contribution in [0.4, 0.5) is 17.3 Å². The number of nitrogens with zero attached hydrogens (tertiary/aromatic N) is 6. The average Bonchev–Trinajstić information content (AvgIpc) is 3.34. The molecule has 1 N–H and O–H groups in total. The van der Waals surface area contributed by atoms with E-state index in [2.05, 4.69) is 31.3 Å². The normalized spacial score (nSPS) is 21.3. The Balaban J connectivity index is 0.00000294. The average molecular weight is 520 g/mol. The first-order chi connectivity index (χ1) is 17.9. The summed E-state index contributed by atoms with van der Waals surface area (Å²) < 4.78 is 1.93. The van der Waals surface area contributed by atoms with E-state index in [0.717, 1.165) is 74.4 Å². The van der Waals surface area contributed by atoms with Crippen molar-refractivity contribution in [2.75, 3.05) is 36.0 Å². The number of imide groups is 1. The van der Waals surface area contributed by atoms with Gasteiger partial charge in [0.05, 0.1) is 23.3 Å². The number of amides is 2. The maximum Gasteiger partial charge on any atom is 0.363 e. The van der Waals surface area contributed by atoms with Crippen molar-refractivity contribution in [2.24, 2.45) is 5.41 Å². The molecule has 200 valence electrons. The Labute approximate surface area is 221 Å². The number of rotatable bonds is 4. The van der Waals surface area contributed by atoms with E-state index in [4.69, 9.17) is 0 Å². The number of carbonyl (C=O) groups is 2. The molecule has 2 amide bonds. The number of pyridine rings is 2. The summed E-state index contributed by atoms with van der Waals surface area (Å²) in [5.74, 6) is 0.0933. The lowest BCUT2D eigenvalue weighted by Crippen LogP contribution is -2.47. The van der Waals surface area contributed by atoms with Crippen LogP contribution in [0.25, 0.3) is 5.52 Å². The molecule has 3 saturated heterocycles. The number of anilines is 2. The Morgan fingerprint density at radius 1 is 0.974 bits per heavy atom. The van der Waals surface area contributed by atoms with Crippen LogP contribution in [-0.4, -0.2) is 57.5 Å². The van der Waals surface area contributed by atoms with Crippen molar-refractivity contribution in [1.82, 2.24) is 19.9 Å². The minimum Gasteiger partial charge on any atom is -0.368 e. The highest BCUT2D eigenvalue weighted by Crippen LogP contribution is 2.43. The van der Waals surface area contributed by atoms with Crippen molar-refractivity contribution in [3.05, 3.63) is 58.4 Å². The highest BCUT2D eigenvalue weighted by molar-refractivity contribution is 6.01. The molecule has 3 aliphatic rings. The molecule has 3 aromatic rings. The molecule has 6 rings (SSSR count). The number of nitrogens with one attached hydrogen (secondary N) is 1. The molecule has 0 radical (unpaired) electrons. The molecule has 1 atom stereocenters. The van der Waals surface area contributed by atoms with Gasteiger partial charge in [-0.25, -0.2) is 4.52 Å². The van der Waals surface area contributed by atoms with Crippen molar-refractivity contribution in [1.29, 1.82) is 0 Å². The Kier molecular flexibility index (Phi) is 6.77. The van der Waals surface area contributed by atoms with Crippen LogP contribution in [0.1, 0.15) is 57.4 Å². The van der Waals surface area contributed by atoms with Gasteiger partial charge in [-0.2, -0.15) is 5.10 Å². The van der Waals surface area contributed by atoms with Gasteiger partial charge >= 0.3 is 5.82 Å². The molecule has 1 unspecified atom stereocenters. The molecule has 11 heteroatoms. The summed E-state index contributed by atoms with van der Waals surface area (Å²) in [6.07, 6.45) is 8.59. The van der Waals surface area contributed by atoms with Gasteiger partial charge in [-0.05, 0) is 65.6 Å². The first kappa shape index (κ1) is 25.6. The minimum absolute atomic E-state index is 0. The number of piperidine rings is 3. The quantitative estimate of drug-likeness (QED) is 0.314. The second kappa shape index (κ2) is 10.0. The van der Waals surface area contributed by atoms with Crippen molar-refractivity contribution >= 4 is 34.7 Å². The van der Waals surface area contributed by atoms with Crippen molar-refractivity contribution in [2.45, 2.75) is 51.9 Å². The molecule has 1 spiro atoms. The molecule has 0 saturated carbocycles. The molecule has 38 heavy (non-hydrogen) atoms. The Morgan fingerprint density at radius 2 is 1.68 bits per heavy atom. The predicted molar refractivity (Wildman–Crippen MR) is 143 cm³/mol. The predicted octanol–water partition coefficient (Wildman–Crippen LogP) is 3.68. The van der Waals surface area contributed by atoms with Crippen molar-refractivity contribution in [3.8, 4) is 0 Å². The number of nitro groups is 1. The van der Waals surface area contributed by atoms with E-state index in [1.54, 1.807) is 18.5 Å². The van der Waals surface area contributed by atoms with Crippen LogP contribution in [0.5, 0.6) is 0 Å². The zero-order valence-corrected chi connectivity index (χ0v) is 20.5. The molecule has 3 fully saturated rings. The third-order valence-corrected chi connectivity index (χ3v) is 8.42. The fraction of sp³-hybridized carbons (Fsp3) is 0.481. The number of carbonyl (C=O) groups excluding carboxylic acids is 2. The van der Waals surface area contributed by atoms with Gasteiger partial charge < -0.3 is 19.9 Å². The maximum atomic E-state index is 12.4. The smallest absolute Gasteiger partial charge is 0.363 e. The Bertz CT molecular complexity index is 1350. The van der Waals surface area contributed by atoms with Gasteiger partial charge in [0.25, 0.3) is 0 Å². The minimum atomic E-state index is -0.470. The molecule has 3 aromatic heterocycles. The second-order valence-corrected chi connectivity index (χ2v) is 10.4. The number of hydrogen-bond acceptors (Lipinski definition) is 8. The molecule has 0 aromatic carbocycles. The van der Waals surface area contributed by atoms with Gasteiger partial charge in [-0.3, -0.25) is 14.9 Å². The lowest BCUT2D eigenvalue weighted by molar-refractivity contribution is -0.389. The number of aromatic nitrogens is 3. The van der Waals surface area contributed by atoms with Gasteiger partial charge in [0.15, 0.2) is 6.20 Å². The lowest BCUT2D eigenvalue weighted by Gasteiger charge is -2.47. The lowest BCUT2D eigenvalue weighted by atomic mass is 9.71. The zero-order chi connectivity index (χ0) is 25.6. The topological polar surface area (TPSA) is 126 Å². The summed E-state index contributed by atoms with van der Waals surface area (Å²) in [7, 11) is 0. The maximum absolute atomic E-state index is 12.4. The summed E-state index contributed by atoms with van der Waals surface area (Å²) in [4.78, 5) is 43.1. The first-order valence-corrected chi connectivity index (χ1v) is 12.8. The Hall–Kier alpha value is -4.02. The number of fused-ring (bicyclic) bond motifs is 1. The first-order valence-electron chi connectivity index (χ1n) is 12.8. The fourth-order valence-corrected chi connectivity index (χ4v) is 6.14. The summed E-state index contributed by atoms with van der Waals surface area (Å²) >= 11 is 0. The van der Waals surface area contributed by atoms with Crippen molar-refractivity contribution < 1.29 is 14.5 Å². The van der Waals surface area contributed by atoms with Gasteiger partial charge in [-0.1, -0.05) is 13.5 Å². The second-order valence-electron chi connectivity index (χ2n) is 10.4. The van der Waals surface area contributed by atoms with Crippen LogP contribution in [0.3, 0.4) is 0 Å². The van der Waals surface area contributed by atoms with Gasteiger partial charge in [0, 0.05) is 44.2 Å². The monoisotopic (exact) mass is 519 g/mol. The van der Waals surface area contributed by atoms with E-state index in [9.17, 15) is 19.7 Å². The standard InChI is InChI=1S/C26H29N7O4.CH4/c34-23-7-5-19(25(35)29-23)20-17-28-32-21(20)2-1-3-24(32)31-14-10-26(11-15-31)8-12-30(13-9-26)18-4-6-22(27-16-18)33(36)37;/h1-4,6,16-17,19H,5,7-15H2,(H,29,34,35);1H4. The van der Waals surface area contributed by atoms with Crippen LogP contribution < -0.4 is 15.1 Å². The highest BCUT2D eigenvalue weighted by atomic mass is 16.6. The van der Waals surface area contributed by atoms with Crippen LogP contribution in [0.2, 0.25) is 0 Å². The third-order valence-electron chi connectivity index (χ3n) is 8.42. The SMILES string of the molecule is C.O=C1CCC(c2cnn3c(N4CCC5(CCN(c6ccc([N+](=O)[O-])nc6)CC5)CC4)cccc23)C(=O)N1. The largest absolute Gasteiger partial charge is 0.368 e. The van der Waals surface area contributed by atoms with Crippen LogP contribution >= 0.6 is 0 Å². The summed E-state index contributed by atoms with van der Waals surface area (Å²) in [6, 6.07) is 9.35. The van der Waals surface area contributed by atoms with E-state index in [1.165, 1.54) is 6.07 Å². The third kappa shape index (κ3) is 4.57. The van der Waals surface area contributed by atoms with Crippen LogP contribution in [0.15, 0.2) is 42.7 Å². The molecular formula is C27H33N7O4. The zero-order valence-electron chi connectivity index (χ0n) is 20.5. The van der Waals surface area contributed by atoms with Crippen molar-refractivity contribution in [3.63, 3.8) is 0 Å². The van der Waals surface area contributed by atoms with Gasteiger partial charge in [-0.15, -0.1) is 0 Å². The molecule has 0 aliphatic carbocycles.